The van der Waals surface area contributed by atoms with E-state index in [-0.39, 0.29) is 17.5 Å². The second-order valence-corrected chi connectivity index (χ2v) is 7.17. The molecule has 28 heavy (non-hydrogen) atoms. The normalized spacial score (nSPS) is 14.6. The number of para-hydroxylation sites is 1. The maximum Gasteiger partial charge on any atom is 0.419 e. The van der Waals surface area contributed by atoms with Gasteiger partial charge < -0.3 is 4.74 Å². The minimum absolute atomic E-state index is 0.0225. The zero-order chi connectivity index (χ0) is 20.1. The summed E-state index contributed by atoms with van der Waals surface area (Å²) in [6.45, 7) is 3.88. The van der Waals surface area contributed by atoms with Crippen LogP contribution in [0.1, 0.15) is 60.3 Å². The molecule has 1 aliphatic rings. The summed E-state index contributed by atoms with van der Waals surface area (Å²) in [4.78, 5) is 17.5. The quantitative estimate of drug-likeness (QED) is 0.459. The Labute approximate surface area is 159 Å². The van der Waals surface area contributed by atoms with Gasteiger partial charge in [0.05, 0.1) is 22.7 Å². The van der Waals surface area contributed by atoms with Crippen molar-refractivity contribution in [2.45, 2.75) is 44.8 Å². The molecule has 4 rings (SSSR count). The first kappa shape index (κ1) is 18.5. The van der Waals surface area contributed by atoms with Crippen LogP contribution in [0.4, 0.5) is 13.2 Å². The highest BCUT2D eigenvalue weighted by atomic mass is 19.4. The molecule has 2 aromatic heterocycles. The zero-order valence-electron chi connectivity index (χ0n) is 15.3. The van der Waals surface area contributed by atoms with Crippen LogP contribution in [-0.2, 0) is 6.18 Å². The molecule has 0 aliphatic heterocycles. The molecule has 0 amide bonds. The Bertz CT molecular complexity index is 1050. The van der Waals surface area contributed by atoms with Crippen LogP contribution >= 0.6 is 0 Å². The molecule has 0 spiro atoms. The van der Waals surface area contributed by atoms with E-state index < -0.39 is 23.5 Å². The van der Waals surface area contributed by atoms with E-state index in [1.54, 1.807) is 10.7 Å². The summed E-state index contributed by atoms with van der Waals surface area (Å²) >= 11 is 0. The smallest absolute Gasteiger partial charge is 0.419 e. The number of alkyl halides is 3. The summed E-state index contributed by atoms with van der Waals surface area (Å²) in [7, 11) is 0. The maximum atomic E-state index is 13.2. The van der Waals surface area contributed by atoms with E-state index in [0.717, 1.165) is 30.7 Å². The van der Waals surface area contributed by atoms with Crippen molar-refractivity contribution in [3.63, 3.8) is 0 Å². The number of ether oxygens (including phenoxy) is 1. The van der Waals surface area contributed by atoms with E-state index in [9.17, 15) is 18.0 Å². The lowest BCUT2D eigenvalue weighted by Crippen LogP contribution is -2.15. The molecule has 0 saturated heterocycles. The van der Waals surface area contributed by atoms with Gasteiger partial charge in [0.2, 0.25) is 0 Å². The third-order valence-electron chi connectivity index (χ3n) is 4.69. The number of pyridine rings is 1. The predicted octanol–water partition coefficient (Wildman–Crippen LogP) is 5.13. The van der Waals surface area contributed by atoms with Crippen LogP contribution in [0.3, 0.4) is 0 Å². The van der Waals surface area contributed by atoms with Crippen LogP contribution in [-0.4, -0.2) is 20.7 Å². The van der Waals surface area contributed by atoms with Gasteiger partial charge in [-0.3, -0.25) is 0 Å². The fraction of sp³-hybridized carbons (Fsp3) is 0.350. The van der Waals surface area contributed by atoms with E-state index in [2.05, 4.69) is 10.1 Å². The number of aromatic nitrogens is 3. The molecule has 146 valence electrons. The molecule has 0 bridgehead atoms. The highest BCUT2D eigenvalue weighted by Crippen LogP contribution is 2.41. The van der Waals surface area contributed by atoms with Crippen molar-refractivity contribution in [2.24, 2.45) is 0 Å². The van der Waals surface area contributed by atoms with Gasteiger partial charge in [-0.05, 0) is 44.9 Å². The minimum Gasteiger partial charge on any atom is -0.422 e. The molecule has 1 aromatic carbocycles. The van der Waals surface area contributed by atoms with E-state index in [1.807, 2.05) is 13.8 Å². The molecular formula is C20H18F3N3O2. The lowest BCUT2D eigenvalue weighted by Gasteiger charge is -2.13. The highest BCUT2D eigenvalue weighted by Gasteiger charge is 2.35. The second kappa shape index (κ2) is 6.61. The third kappa shape index (κ3) is 3.34. The molecule has 1 aliphatic carbocycles. The predicted molar refractivity (Wildman–Crippen MR) is 96.3 cm³/mol. The summed E-state index contributed by atoms with van der Waals surface area (Å²) in [5.74, 6) is -1.11. The number of nitrogens with zero attached hydrogens (tertiary/aromatic N) is 3. The Morgan fingerprint density at radius 2 is 1.96 bits per heavy atom. The zero-order valence-corrected chi connectivity index (χ0v) is 15.3. The lowest BCUT2D eigenvalue weighted by molar-refractivity contribution is -0.138. The van der Waals surface area contributed by atoms with Gasteiger partial charge in [-0.1, -0.05) is 12.1 Å². The maximum absolute atomic E-state index is 13.2. The van der Waals surface area contributed by atoms with Crippen LogP contribution in [0, 0.1) is 0 Å². The van der Waals surface area contributed by atoms with Crippen molar-refractivity contribution in [3.05, 3.63) is 53.3 Å². The van der Waals surface area contributed by atoms with Crippen LogP contribution in [0.15, 0.2) is 36.5 Å². The molecule has 0 N–H and O–H groups in total. The third-order valence-corrected chi connectivity index (χ3v) is 4.69. The van der Waals surface area contributed by atoms with Gasteiger partial charge in [-0.25, -0.2) is 14.5 Å². The van der Waals surface area contributed by atoms with Crippen molar-refractivity contribution in [1.82, 2.24) is 14.8 Å². The van der Waals surface area contributed by atoms with E-state index in [4.69, 9.17) is 4.74 Å². The number of rotatable bonds is 4. The van der Waals surface area contributed by atoms with Gasteiger partial charge in [0, 0.05) is 17.7 Å². The van der Waals surface area contributed by atoms with Crippen LogP contribution in [0.5, 0.6) is 5.75 Å². The first-order chi connectivity index (χ1) is 13.3. The molecule has 0 radical (unpaired) electrons. The molecule has 0 unspecified atom stereocenters. The SMILES string of the molecule is CC(C)n1ncc2c(C(=O)Oc3ccccc3C(F)(F)F)cc(C3CC3)nc21. The summed E-state index contributed by atoms with van der Waals surface area (Å²) in [5, 5.41) is 4.75. The number of esters is 1. The Morgan fingerprint density at radius 3 is 2.61 bits per heavy atom. The number of halogens is 3. The lowest BCUT2D eigenvalue weighted by atomic mass is 10.1. The number of carbonyl (C=O) groups excluding carboxylic acids is 1. The molecule has 1 saturated carbocycles. The van der Waals surface area contributed by atoms with Crippen molar-refractivity contribution in [3.8, 4) is 5.75 Å². The average Bonchev–Trinajstić information content (AvgIpc) is 3.39. The molecule has 0 atom stereocenters. The highest BCUT2D eigenvalue weighted by molar-refractivity contribution is 6.03. The fourth-order valence-electron chi connectivity index (χ4n) is 3.12. The second-order valence-electron chi connectivity index (χ2n) is 7.17. The minimum atomic E-state index is -4.62. The Kier molecular flexibility index (Phi) is 4.36. The molecule has 3 aromatic rings. The van der Waals surface area contributed by atoms with E-state index >= 15 is 0 Å². The van der Waals surface area contributed by atoms with Crippen molar-refractivity contribution < 1.29 is 22.7 Å². The largest absolute Gasteiger partial charge is 0.422 e. The van der Waals surface area contributed by atoms with Crippen LogP contribution < -0.4 is 4.74 Å². The van der Waals surface area contributed by atoms with Crippen molar-refractivity contribution in [2.75, 3.05) is 0 Å². The van der Waals surface area contributed by atoms with Gasteiger partial charge in [-0.2, -0.15) is 18.3 Å². The Morgan fingerprint density at radius 1 is 1.25 bits per heavy atom. The summed E-state index contributed by atoms with van der Waals surface area (Å²) in [5.41, 5.74) is 0.464. The van der Waals surface area contributed by atoms with Gasteiger partial charge in [0.15, 0.2) is 5.65 Å². The molecule has 5 nitrogen and oxygen atoms in total. The first-order valence-electron chi connectivity index (χ1n) is 9.02. The topological polar surface area (TPSA) is 57.0 Å². The van der Waals surface area contributed by atoms with Gasteiger partial charge >= 0.3 is 12.1 Å². The van der Waals surface area contributed by atoms with Gasteiger partial charge in [-0.15, -0.1) is 0 Å². The average molecular weight is 389 g/mol. The first-order valence-corrected chi connectivity index (χ1v) is 9.02. The number of hydrogen-bond acceptors (Lipinski definition) is 4. The summed E-state index contributed by atoms with van der Waals surface area (Å²) < 4.78 is 46.5. The molecule has 2 heterocycles. The number of benzene rings is 1. The summed E-state index contributed by atoms with van der Waals surface area (Å²) in [6.07, 6.45) is -1.17. The standard InChI is InChI=1S/C20H18F3N3O2/c1-11(2)26-18-14(10-24-26)13(9-16(25-18)12-7-8-12)19(27)28-17-6-4-3-5-15(17)20(21,22)23/h3-6,9-12H,7-8H2,1-2H3. The van der Waals surface area contributed by atoms with Crippen LogP contribution in [0.2, 0.25) is 0 Å². The number of hydrogen-bond donors (Lipinski definition) is 0. The molecule has 8 heteroatoms. The Balaban J connectivity index is 1.78. The molecular weight excluding hydrogens is 371 g/mol. The van der Waals surface area contributed by atoms with Gasteiger partial charge in [0.1, 0.15) is 5.75 Å². The number of carbonyl (C=O) groups is 1. The van der Waals surface area contributed by atoms with Crippen LogP contribution in [0.25, 0.3) is 11.0 Å². The fourth-order valence-corrected chi connectivity index (χ4v) is 3.12. The van der Waals surface area contributed by atoms with E-state index in [0.29, 0.717) is 11.0 Å². The summed E-state index contributed by atoms with van der Waals surface area (Å²) in [6, 6.07) is 6.31. The van der Waals surface area contributed by atoms with Crippen molar-refractivity contribution in [1.29, 1.82) is 0 Å². The van der Waals surface area contributed by atoms with Gasteiger partial charge in [0.25, 0.3) is 0 Å². The van der Waals surface area contributed by atoms with E-state index in [1.165, 1.54) is 18.3 Å². The Hall–Kier alpha value is -2.90. The number of fused-ring (bicyclic) bond motifs is 1. The van der Waals surface area contributed by atoms with Crippen molar-refractivity contribution >= 4 is 17.0 Å². The monoisotopic (exact) mass is 389 g/mol. The molecule has 1 fully saturated rings.